The molecule has 4 saturated carbocycles. The Morgan fingerprint density at radius 3 is 0.937 bits per heavy atom. The van der Waals surface area contributed by atoms with Crippen molar-refractivity contribution in [2.24, 2.45) is 87.3 Å². The molecule has 0 aromatic heterocycles. The van der Waals surface area contributed by atoms with E-state index in [9.17, 15) is 39.5 Å². The summed E-state index contributed by atoms with van der Waals surface area (Å²) in [7, 11) is 0. The molecule has 0 bridgehead atoms. The lowest BCUT2D eigenvalue weighted by molar-refractivity contribution is -0.199. The lowest BCUT2D eigenvalue weighted by Crippen LogP contribution is -2.35. The van der Waals surface area contributed by atoms with E-state index in [1.807, 2.05) is 48.5 Å². The van der Waals surface area contributed by atoms with Crippen LogP contribution in [0.5, 0.6) is 0 Å². The molecular weight excluding hydrogens is 820 g/mol. The van der Waals surface area contributed by atoms with E-state index in [0.717, 1.165) is 43.4 Å². The number of rotatable bonds is 2. The van der Waals surface area contributed by atoms with Crippen molar-refractivity contribution < 1.29 is 42.3 Å². The molecule has 0 radical (unpaired) electrons. The molecule has 0 aromatic carbocycles. The van der Waals surface area contributed by atoms with Crippen molar-refractivity contribution >= 4 is 0 Å². The van der Waals surface area contributed by atoms with Crippen molar-refractivity contribution in [2.75, 3.05) is 0 Å². The molecule has 0 aliphatic heterocycles. The molecule has 4 aliphatic carbocycles. The molecule has 0 nitrogen and oxygen atoms in total. The third kappa shape index (κ3) is 34.3. The molecule has 4 rings (SSSR count). The maximum atomic E-state index is 12.4. The van der Waals surface area contributed by atoms with Gasteiger partial charge in [0.1, 0.15) is 0 Å². The predicted octanol–water partition coefficient (Wildman–Crippen LogP) is 21.3. The second kappa shape index (κ2) is 30.0. The zero-order valence-electron chi connectivity index (χ0n) is 46.7. The minimum absolute atomic E-state index is 0.176. The van der Waals surface area contributed by atoms with Crippen LogP contribution < -0.4 is 0 Å². The Hall–Kier alpha value is -0.630. The van der Waals surface area contributed by atoms with Gasteiger partial charge in [-0.25, -0.2) is 0 Å². The number of alkyl halides is 9. The maximum absolute atomic E-state index is 12.4. The van der Waals surface area contributed by atoms with E-state index in [-0.39, 0.29) is 40.9 Å². The Bertz CT molecular complexity index is 1140. The average Bonchev–Trinajstić information content (AvgIpc) is 3.58. The Morgan fingerprint density at radius 2 is 0.746 bits per heavy atom. The molecular formula is C54H105F9. The van der Waals surface area contributed by atoms with Crippen molar-refractivity contribution in [3.8, 4) is 0 Å². The number of hydrogen-bond acceptors (Lipinski definition) is 0. The topological polar surface area (TPSA) is 0 Å². The fourth-order valence-electron chi connectivity index (χ4n) is 9.39. The lowest BCUT2D eigenvalue weighted by Gasteiger charge is -2.35. The fraction of sp³-hybridized carbons (Fsp3) is 1.00. The van der Waals surface area contributed by atoms with Gasteiger partial charge in [-0.1, -0.05) is 190 Å². The number of hydrogen-bond donors (Lipinski definition) is 0. The molecule has 0 aromatic rings. The summed E-state index contributed by atoms with van der Waals surface area (Å²) in [6.45, 7) is 43.6. The standard InChI is InChI=1S/2C9H15F3.C8H13F3.C8H16.2C7H16.C6H14/c1-6-3-7(2)5-8(4-6)9(10,11)12;1-6-4-3-5-8(7(6)2)9(10,11)12;1-5-3-6(2)7(4-5)8(9,10)11;1-6-4-5-7(2)8(6)3;2*1-5-6-7(2,3)4;1-5-6(2,3)4/h2*6-8H,3-5H2,1-2H3;5-7H,3-4H2,1-2H3;6-8H,4-5H2,1-3H3;2*5-6H2,1-4H3;5H2,1-4H3/t6-,7?,8?;6?,7-,8?;;;;;/m01...../s1/i;;;;;;5D2. The van der Waals surface area contributed by atoms with E-state index < -0.39 is 42.7 Å². The van der Waals surface area contributed by atoms with Gasteiger partial charge < -0.3 is 0 Å². The third-order valence-corrected chi connectivity index (χ3v) is 13.9. The van der Waals surface area contributed by atoms with Crippen LogP contribution in [0.2, 0.25) is 0 Å². The second-order valence-corrected chi connectivity index (χ2v) is 24.3. The van der Waals surface area contributed by atoms with Crippen molar-refractivity contribution in [1.82, 2.24) is 0 Å². The molecule has 4 fully saturated rings. The minimum Gasteiger partial charge on any atom is -0.171 e. The summed E-state index contributed by atoms with van der Waals surface area (Å²) >= 11 is 0. The highest BCUT2D eigenvalue weighted by Gasteiger charge is 2.47. The van der Waals surface area contributed by atoms with Gasteiger partial charge in [0.2, 0.25) is 0 Å². The summed E-state index contributed by atoms with van der Waals surface area (Å²) in [6.07, 6.45) is -0.0899. The van der Waals surface area contributed by atoms with Crippen LogP contribution in [-0.2, 0) is 0 Å². The highest BCUT2D eigenvalue weighted by molar-refractivity contribution is 4.84. The van der Waals surface area contributed by atoms with Crippen LogP contribution in [0, 0.1) is 87.3 Å². The SMILES string of the molecule is CC1CC(C(F)(F)F)C[C@@H](C)C1.CC1CC(C)C(C(F)(F)F)C1.CC1CCC(C)C1C.CC1CCCC(C(F)(F)F)[C@@H]1C.CCCC(C)(C)C.CCCC(C)(C)C.[2H]C([2H])(C)C(C)(C)C. The summed E-state index contributed by atoms with van der Waals surface area (Å²) in [4.78, 5) is 0. The monoisotopic (exact) mass is 927 g/mol. The van der Waals surface area contributed by atoms with Crippen LogP contribution >= 0.6 is 0 Å². The van der Waals surface area contributed by atoms with E-state index in [1.54, 1.807) is 20.8 Å². The Labute approximate surface area is 388 Å². The molecule has 0 N–H and O–H groups in total. The Balaban J connectivity index is -0.000000698. The first-order chi connectivity index (χ1) is 28.8. The molecule has 0 amide bonds. The normalized spacial score (nSPS) is 32.0. The summed E-state index contributed by atoms with van der Waals surface area (Å²) < 4.78 is 125. The van der Waals surface area contributed by atoms with Crippen LogP contribution in [0.3, 0.4) is 0 Å². The van der Waals surface area contributed by atoms with Gasteiger partial charge in [-0.2, -0.15) is 39.5 Å². The Morgan fingerprint density at radius 1 is 0.397 bits per heavy atom. The minimum atomic E-state index is -3.98. The largest absolute Gasteiger partial charge is 0.392 e. The lowest BCUT2D eigenvalue weighted by atomic mass is 9.73. The van der Waals surface area contributed by atoms with E-state index in [1.165, 1.54) is 38.5 Å². The average molecular weight is 927 g/mol. The smallest absolute Gasteiger partial charge is 0.171 e. The molecule has 63 heavy (non-hydrogen) atoms. The molecule has 0 heterocycles. The molecule has 9 heteroatoms. The molecule has 4 aliphatic rings. The van der Waals surface area contributed by atoms with Crippen LogP contribution in [0.1, 0.15) is 244 Å². The quantitative estimate of drug-likeness (QED) is 0.242. The Kier molecular flexibility index (Phi) is 29.7. The fourth-order valence-corrected chi connectivity index (χ4v) is 9.39. The van der Waals surface area contributed by atoms with Crippen molar-refractivity contribution in [3.63, 3.8) is 0 Å². The van der Waals surface area contributed by atoms with Crippen molar-refractivity contribution in [3.05, 3.63) is 0 Å². The van der Waals surface area contributed by atoms with Crippen LogP contribution in [0.25, 0.3) is 0 Å². The first-order valence-corrected chi connectivity index (χ1v) is 25.0. The maximum Gasteiger partial charge on any atom is 0.392 e. The van der Waals surface area contributed by atoms with E-state index in [4.69, 9.17) is 2.74 Å². The van der Waals surface area contributed by atoms with Gasteiger partial charge in [0, 0.05) is 2.74 Å². The first kappa shape index (κ1) is 62.4. The van der Waals surface area contributed by atoms with Crippen molar-refractivity contribution in [1.29, 1.82) is 0 Å². The molecule has 9 unspecified atom stereocenters. The zero-order chi connectivity index (χ0) is 52.3. The molecule has 11 atom stereocenters. The van der Waals surface area contributed by atoms with E-state index >= 15 is 0 Å². The van der Waals surface area contributed by atoms with Gasteiger partial charge >= 0.3 is 18.5 Å². The predicted molar refractivity (Wildman–Crippen MR) is 256 cm³/mol. The molecule has 0 saturated heterocycles. The van der Waals surface area contributed by atoms with E-state index in [2.05, 4.69) is 76.2 Å². The number of halogens is 9. The van der Waals surface area contributed by atoms with E-state index in [0.29, 0.717) is 36.5 Å². The van der Waals surface area contributed by atoms with Crippen LogP contribution in [0.4, 0.5) is 39.5 Å². The van der Waals surface area contributed by atoms with Crippen molar-refractivity contribution in [2.45, 2.75) is 260 Å². The van der Waals surface area contributed by atoms with Gasteiger partial charge in [-0.05, 0) is 121 Å². The molecule has 0 spiro atoms. The molecule has 384 valence electrons. The van der Waals surface area contributed by atoms with Gasteiger partial charge in [0.15, 0.2) is 0 Å². The van der Waals surface area contributed by atoms with Gasteiger partial charge in [-0.3, -0.25) is 0 Å². The zero-order valence-corrected chi connectivity index (χ0v) is 44.7. The summed E-state index contributed by atoms with van der Waals surface area (Å²) in [5.74, 6) is 0.395. The van der Waals surface area contributed by atoms with Crippen LogP contribution in [-0.4, -0.2) is 18.5 Å². The summed E-state index contributed by atoms with van der Waals surface area (Å²) in [5.41, 5.74) is 0.872. The van der Waals surface area contributed by atoms with Gasteiger partial charge in [0.25, 0.3) is 0 Å². The highest BCUT2D eigenvalue weighted by Crippen LogP contribution is 2.46. The van der Waals surface area contributed by atoms with Gasteiger partial charge in [-0.15, -0.1) is 0 Å². The summed E-state index contributed by atoms with van der Waals surface area (Å²) in [6, 6.07) is 0. The van der Waals surface area contributed by atoms with Gasteiger partial charge in [0.05, 0.1) is 17.8 Å². The second-order valence-electron chi connectivity index (χ2n) is 24.3. The highest BCUT2D eigenvalue weighted by atomic mass is 19.4. The first-order valence-electron chi connectivity index (χ1n) is 26.0. The van der Waals surface area contributed by atoms with Crippen LogP contribution in [0.15, 0.2) is 0 Å². The third-order valence-electron chi connectivity index (χ3n) is 13.9. The summed E-state index contributed by atoms with van der Waals surface area (Å²) in [5, 5.41) is 0.